The maximum absolute atomic E-state index is 12.0. The molecular formula is C13H16F3NO2. The van der Waals surface area contributed by atoms with Gasteiger partial charge in [-0.1, -0.05) is 11.2 Å². The van der Waals surface area contributed by atoms with Crippen molar-refractivity contribution in [1.82, 2.24) is 0 Å². The van der Waals surface area contributed by atoms with Crippen LogP contribution in [-0.4, -0.2) is 23.7 Å². The second kappa shape index (κ2) is 6.45. The third-order valence-corrected chi connectivity index (χ3v) is 2.54. The Kier molecular flexibility index (Phi) is 5.20. The highest BCUT2D eigenvalue weighted by Gasteiger charge is 2.26. The highest BCUT2D eigenvalue weighted by Crippen LogP contribution is 2.24. The first-order valence-corrected chi connectivity index (χ1v) is 5.82. The summed E-state index contributed by atoms with van der Waals surface area (Å²) in [5.74, 6) is 0.428. The molecule has 0 aliphatic heterocycles. The monoisotopic (exact) mass is 275 g/mol. The zero-order chi connectivity index (χ0) is 14.5. The van der Waals surface area contributed by atoms with Crippen LogP contribution in [-0.2, 0) is 0 Å². The lowest BCUT2D eigenvalue weighted by Crippen LogP contribution is -2.10. The van der Waals surface area contributed by atoms with Crippen LogP contribution in [0.5, 0.6) is 5.75 Å². The van der Waals surface area contributed by atoms with E-state index in [0.717, 1.165) is 5.56 Å². The fourth-order valence-corrected chi connectivity index (χ4v) is 1.56. The van der Waals surface area contributed by atoms with Crippen molar-refractivity contribution in [2.24, 2.45) is 5.16 Å². The summed E-state index contributed by atoms with van der Waals surface area (Å²) in [6.45, 7) is 3.40. The summed E-state index contributed by atoms with van der Waals surface area (Å²) in [6.07, 6.45) is -5.14. The Morgan fingerprint density at radius 1 is 1.37 bits per heavy atom. The Balaban J connectivity index is 2.69. The lowest BCUT2D eigenvalue weighted by molar-refractivity contribution is -0.136. The van der Waals surface area contributed by atoms with Gasteiger partial charge in [0.25, 0.3) is 0 Å². The second-order valence-electron chi connectivity index (χ2n) is 4.25. The van der Waals surface area contributed by atoms with Crippen LogP contribution in [0.4, 0.5) is 13.2 Å². The minimum atomic E-state index is -4.17. The fraction of sp³-hybridized carbons (Fsp3) is 0.462. The molecule has 0 bridgehead atoms. The van der Waals surface area contributed by atoms with Crippen molar-refractivity contribution in [1.29, 1.82) is 0 Å². The van der Waals surface area contributed by atoms with Gasteiger partial charge in [0.15, 0.2) is 0 Å². The molecule has 0 aliphatic carbocycles. The molecule has 1 rings (SSSR count). The van der Waals surface area contributed by atoms with Crippen LogP contribution in [0, 0.1) is 6.92 Å². The van der Waals surface area contributed by atoms with Gasteiger partial charge >= 0.3 is 6.18 Å². The van der Waals surface area contributed by atoms with Gasteiger partial charge in [-0.25, -0.2) is 0 Å². The molecule has 106 valence electrons. The second-order valence-corrected chi connectivity index (χ2v) is 4.25. The first kappa shape index (κ1) is 15.3. The number of nitrogens with zero attached hydrogens (tertiary/aromatic N) is 1. The van der Waals surface area contributed by atoms with E-state index in [-0.39, 0.29) is 13.0 Å². The molecule has 0 saturated heterocycles. The minimum absolute atomic E-state index is 0.0331. The van der Waals surface area contributed by atoms with Crippen LogP contribution in [0.15, 0.2) is 23.4 Å². The van der Waals surface area contributed by atoms with E-state index in [1.807, 2.05) is 13.0 Å². The number of hydrogen-bond acceptors (Lipinski definition) is 3. The normalized spacial score (nSPS) is 12.6. The number of aryl methyl sites for hydroxylation is 1. The van der Waals surface area contributed by atoms with E-state index in [1.165, 1.54) is 0 Å². The number of alkyl halides is 3. The van der Waals surface area contributed by atoms with E-state index >= 15 is 0 Å². The highest BCUT2D eigenvalue weighted by atomic mass is 19.4. The van der Waals surface area contributed by atoms with Crippen LogP contribution in [0.25, 0.3) is 0 Å². The van der Waals surface area contributed by atoms with Crippen LogP contribution in [0.1, 0.15) is 30.9 Å². The van der Waals surface area contributed by atoms with Gasteiger partial charge in [0, 0.05) is 12.0 Å². The van der Waals surface area contributed by atoms with Gasteiger partial charge in [0.2, 0.25) is 0 Å². The molecule has 0 atom stereocenters. The number of halogens is 3. The number of oxime groups is 1. The summed E-state index contributed by atoms with van der Waals surface area (Å²) >= 11 is 0. The summed E-state index contributed by atoms with van der Waals surface area (Å²) in [6, 6.07) is 5.23. The summed E-state index contributed by atoms with van der Waals surface area (Å²) in [7, 11) is 0. The molecule has 1 N–H and O–H groups in total. The van der Waals surface area contributed by atoms with Gasteiger partial charge in [0.05, 0.1) is 12.3 Å². The Labute approximate surface area is 109 Å². The van der Waals surface area contributed by atoms with Gasteiger partial charge < -0.3 is 9.94 Å². The molecule has 0 aromatic heterocycles. The van der Waals surface area contributed by atoms with Crippen molar-refractivity contribution in [2.75, 3.05) is 6.61 Å². The van der Waals surface area contributed by atoms with Crippen molar-refractivity contribution in [3.63, 3.8) is 0 Å². The van der Waals surface area contributed by atoms with E-state index in [4.69, 9.17) is 9.94 Å². The SMILES string of the molecule is C/C(=N/O)c1ccc(C)cc1OCCCC(F)(F)F. The summed E-state index contributed by atoms with van der Waals surface area (Å²) in [4.78, 5) is 0. The van der Waals surface area contributed by atoms with Crippen molar-refractivity contribution < 1.29 is 23.1 Å². The molecule has 0 aliphatic rings. The first-order valence-electron chi connectivity index (χ1n) is 5.82. The lowest BCUT2D eigenvalue weighted by atomic mass is 10.1. The van der Waals surface area contributed by atoms with Crippen LogP contribution in [0.2, 0.25) is 0 Å². The quantitative estimate of drug-likeness (QED) is 0.383. The Morgan fingerprint density at radius 2 is 2.05 bits per heavy atom. The van der Waals surface area contributed by atoms with E-state index < -0.39 is 12.6 Å². The molecule has 0 unspecified atom stereocenters. The maximum Gasteiger partial charge on any atom is 0.389 e. The average Bonchev–Trinajstić information content (AvgIpc) is 2.33. The Bertz CT molecular complexity index is 456. The number of ether oxygens (including phenoxy) is 1. The minimum Gasteiger partial charge on any atom is -0.493 e. The molecule has 3 nitrogen and oxygen atoms in total. The largest absolute Gasteiger partial charge is 0.493 e. The molecule has 1 aromatic carbocycles. The molecule has 6 heteroatoms. The van der Waals surface area contributed by atoms with Crippen LogP contribution in [0.3, 0.4) is 0 Å². The molecule has 1 aromatic rings. The van der Waals surface area contributed by atoms with Gasteiger partial charge in [0.1, 0.15) is 5.75 Å². The fourth-order valence-electron chi connectivity index (χ4n) is 1.56. The molecule has 0 fully saturated rings. The molecular weight excluding hydrogens is 259 g/mol. The zero-order valence-corrected chi connectivity index (χ0v) is 10.8. The van der Waals surface area contributed by atoms with Crippen molar-refractivity contribution in [3.05, 3.63) is 29.3 Å². The van der Waals surface area contributed by atoms with E-state index in [2.05, 4.69) is 5.16 Å². The average molecular weight is 275 g/mol. The van der Waals surface area contributed by atoms with Gasteiger partial charge in [-0.2, -0.15) is 13.2 Å². The third kappa shape index (κ3) is 5.19. The standard InChI is InChI=1S/C13H16F3NO2/c1-9-4-5-11(10(2)17-18)12(8-9)19-7-3-6-13(14,15)16/h4-5,8,18H,3,6-7H2,1-2H3/b17-10-. The summed E-state index contributed by atoms with van der Waals surface area (Å²) in [5.41, 5.74) is 1.84. The molecule has 0 spiro atoms. The van der Waals surface area contributed by atoms with Gasteiger partial charge in [-0.15, -0.1) is 0 Å². The summed E-state index contributed by atoms with van der Waals surface area (Å²) < 4.78 is 41.3. The smallest absolute Gasteiger partial charge is 0.389 e. The number of benzene rings is 1. The predicted octanol–water partition coefficient (Wildman–Crippen LogP) is 3.91. The third-order valence-electron chi connectivity index (χ3n) is 2.54. The predicted molar refractivity (Wildman–Crippen MR) is 66.0 cm³/mol. The van der Waals surface area contributed by atoms with Crippen molar-refractivity contribution in [3.8, 4) is 5.75 Å². The van der Waals surface area contributed by atoms with Gasteiger partial charge in [-0.05, 0) is 38.0 Å². The topological polar surface area (TPSA) is 41.8 Å². The molecule has 0 amide bonds. The summed E-state index contributed by atoms with van der Waals surface area (Å²) in [5, 5.41) is 11.8. The van der Waals surface area contributed by atoms with Gasteiger partial charge in [-0.3, -0.25) is 0 Å². The Hall–Kier alpha value is -1.72. The van der Waals surface area contributed by atoms with E-state index in [1.54, 1.807) is 19.1 Å². The van der Waals surface area contributed by atoms with Crippen LogP contribution < -0.4 is 4.74 Å². The molecule has 0 heterocycles. The number of rotatable bonds is 5. The number of hydrogen-bond donors (Lipinski definition) is 1. The molecule has 0 radical (unpaired) electrons. The first-order chi connectivity index (χ1) is 8.83. The van der Waals surface area contributed by atoms with E-state index in [9.17, 15) is 13.2 Å². The maximum atomic E-state index is 12.0. The van der Waals surface area contributed by atoms with Crippen LogP contribution >= 0.6 is 0 Å². The molecule has 0 saturated carbocycles. The Morgan fingerprint density at radius 3 is 2.63 bits per heavy atom. The van der Waals surface area contributed by atoms with Crippen molar-refractivity contribution >= 4 is 5.71 Å². The highest BCUT2D eigenvalue weighted by molar-refractivity contribution is 6.00. The van der Waals surface area contributed by atoms with E-state index in [0.29, 0.717) is 17.0 Å². The lowest BCUT2D eigenvalue weighted by Gasteiger charge is -2.12. The van der Waals surface area contributed by atoms with Crippen molar-refractivity contribution in [2.45, 2.75) is 32.9 Å². The zero-order valence-electron chi connectivity index (χ0n) is 10.8. The molecule has 19 heavy (non-hydrogen) atoms.